The van der Waals surface area contributed by atoms with Crippen LogP contribution in [-0.2, 0) is 14.8 Å². The first-order valence-electron chi connectivity index (χ1n) is 5.48. The first-order chi connectivity index (χ1) is 8.77. The van der Waals surface area contributed by atoms with E-state index in [1.807, 2.05) is 4.72 Å². The van der Waals surface area contributed by atoms with Crippen molar-refractivity contribution in [1.29, 1.82) is 0 Å². The minimum atomic E-state index is -4.35. The van der Waals surface area contributed by atoms with Gasteiger partial charge in [0.2, 0.25) is 10.0 Å². The molecule has 1 atom stereocenters. The summed E-state index contributed by atoms with van der Waals surface area (Å²) in [5, 5.41) is 8.85. The summed E-state index contributed by atoms with van der Waals surface area (Å²) >= 11 is 0. The number of hydrogen-bond acceptors (Lipinski definition) is 3. The second-order valence-electron chi connectivity index (χ2n) is 3.88. The average Bonchev–Trinajstić information content (AvgIpc) is 2.27. The lowest BCUT2D eigenvalue weighted by atomic mass is 10.2. The van der Waals surface area contributed by atoms with E-state index in [9.17, 15) is 22.0 Å². The topological polar surface area (TPSA) is 83.5 Å². The van der Waals surface area contributed by atoms with Gasteiger partial charge in [0.1, 0.15) is 22.6 Å². The molecule has 8 heteroatoms. The molecule has 1 aromatic rings. The molecule has 19 heavy (non-hydrogen) atoms. The van der Waals surface area contributed by atoms with Crippen molar-refractivity contribution >= 4 is 16.0 Å². The predicted octanol–water partition coefficient (Wildman–Crippen LogP) is 1.50. The van der Waals surface area contributed by atoms with Crippen molar-refractivity contribution in [2.75, 3.05) is 0 Å². The van der Waals surface area contributed by atoms with Crippen LogP contribution in [0.4, 0.5) is 8.78 Å². The Labute approximate surface area is 109 Å². The molecule has 0 saturated carbocycles. The van der Waals surface area contributed by atoms with Gasteiger partial charge in [-0.1, -0.05) is 13.3 Å². The Morgan fingerprint density at radius 3 is 2.53 bits per heavy atom. The van der Waals surface area contributed by atoms with E-state index in [0.717, 1.165) is 12.1 Å². The zero-order chi connectivity index (χ0) is 14.6. The third-order valence-electron chi connectivity index (χ3n) is 2.36. The Hall–Kier alpha value is -1.54. The van der Waals surface area contributed by atoms with E-state index in [0.29, 0.717) is 12.5 Å². The van der Waals surface area contributed by atoms with Gasteiger partial charge in [0.15, 0.2) is 0 Å². The van der Waals surface area contributed by atoms with Crippen molar-refractivity contribution in [3.8, 4) is 0 Å². The highest BCUT2D eigenvalue weighted by molar-refractivity contribution is 7.89. The molecule has 5 nitrogen and oxygen atoms in total. The number of carboxylic acid groups (broad SMARTS) is 1. The lowest BCUT2D eigenvalue weighted by molar-refractivity contribution is -0.139. The van der Waals surface area contributed by atoms with Crippen molar-refractivity contribution in [2.24, 2.45) is 0 Å². The van der Waals surface area contributed by atoms with Gasteiger partial charge >= 0.3 is 5.97 Å². The molecular weight excluding hydrogens is 280 g/mol. The van der Waals surface area contributed by atoms with Gasteiger partial charge in [0.25, 0.3) is 0 Å². The summed E-state index contributed by atoms with van der Waals surface area (Å²) in [5.74, 6) is -3.54. The van der Waals surface area contributed by atoms with E-state index < -0.39 is 38.6 Å². The summed E-state index contributed by atoms with van der Waals surface area (Å²) in [7, 11) is -4.35. The lowest BCUT2D eigenvalue weighted by Gasteiger charge is -2.14. The van der Waals surface area contributed by atoms with E-state index >= 15 is 0 Å². The summed E-state index contributed by atoms with van der Waals surface area (Å²) in [6.45, 7) is 1.68. The molecule has 106 valence electrons. The van der Waals surface area contributed by atoms with Crippen LogP contribution in [0.1, 0.15) is 19.8 Å². The minimum absolute atomic E-state index is 0.0668. The number of carbonyl (C=O) groups is 1. The zero-order valence-corrected chi connectivity index (χ0v) is 10.9. The summed E-state index contributed by atoms with van der Waals surface area (Å²) in [6.07, 6.45) is 0.503. The number of halogens is 2. The molecule has 0 radical (unpaired) electrons. The molecule has 0 unspecified atom stereocenters. The maximum Gasteiger partial charge on any atom is 0.321 e. The van der Waals surface area contributed by atoms with Gasteiger partial charge in [0.05, 0.1) is 0 Å². The molecule has 0 aliphatic rings. The van der Waals surface area contributed by atoms with Crippen molar-refractivity contribution in [2.45, 2.75) is 30.7 Å². The van der Waals surface area contributed by atoms with Crippen LogP contribution in [0.5, 0.6) is 0 Å². The highest BCUT2D eigenvalue weighted by atomic mass is 32.2. The Morgan fingerprint density at radius 1 is 1.42 bits per heavy atom. The zero-order valence-electron chi connectivity index (χ0n) is 10.1. The number of hydrogen-bond donors (Lipinski definition) is 2. The Bertz CT molecular complexity index is 574. The van der Waals surface area contributed by atoms with Crippen LogP contribution in [0.2, 0.25) is 0 Å². The van der Waals surface area contributed by atoms with Crippen LogP contribution < -0.4 is 4.72 Å². The predicted molar refractivity (Wildman–Crippen MR) is 63.0 cm³/mol. The molecule has 0 aliphatic carbocycles. The molecular formula is C11H13F2NO4S. The second-order valence-corrected chi connectivity index (χ2v) is 5.56. The Kier molecular flexibility index (Phi) is 4.96. The largest absolute Gasteiger partial charge is 0.480 e. The fourth-order valence-corrected chi connectivity index (χ4v) is 2.75. The van der Waals surface area contributed by atoms with Gasteiger partial charge in [-0.25, -0.2) is 17.2 Å². The summed E-state index contributed by atoms with van der Waals surface area (Å²) in [5.41, 5.74) is 0. The lowest BCUT2D eigenvalue weighted by Crippen LogP contribution is -2.40. The number of nitrogens with one attached hydrogen (secondary N) is 1. The maximum atomic E-state index is 13.4. The van der Waals surface area contributed by atoms with Gasteiger partial charge in [-0.15, -0.1) is 0 Å². The van der Waals surface area contributed by atoms with Crippen molar-refractivity contribution < 1.29 is 27.1 Å². The van der Waals surface area contributed by atoms with Gasteiger partial charge in [-0.3, -0.25) is 4.79 Å². The Morgan fingerprint density at radius 2 is 2.05 bits per heavy atom. The van der Waals surface area contributed by atoms with Crippen molar-refractivity contribution in [3.05, 3.63) is 29.8 Å². The standard InChI is InChI=1S/C11H13F2NO4S/c1-2-3-9(11(15)16)14-19(17,18)10-5-4-7(12)6-8(10)13/h4-6,9,14H,2-3H2,1H3,(H,15,16)/t9-/m1/s1. The van der Waals surface area contributed by atoms with Crippen LogP contribution in [-0.4, -0.2) is 25.5 Å². The molecule has 0 aromatic heterocycles. The van der Waals surface area contributed by atoms with Gasteiger partial charge in [0, 0.05) is 6.07 Å². The quantitative estimate of drug-likeness (QED) is 0.832. The molecule has 2 N–H and O–H groups in total. The van der Waals surface area contributed by atoms with E-state index in [4.69, 9.17) is 5.11 Å². The summed E-state index contributed by atoms with van der Waals surface area (Å²) in [4.78, 5) is 10.1. The minimum Gasteiger partial charge on any atom is -0.480 e. The SMILES string of the molecule is CCC[C@@H](NS(=O)(=O)c1ccc(F)cc1F)C(=O)O. The van der Waals surface area contributed by atoms with E-state index in [1.54, 1.807) is 6.92 Å². The van der Waals surface area contributed by atoms with Gasteiger partial charge < -0.3 is 5.11 Å². The van der Waals surface area contributed by atoms with E-state index in [1.165, 1.54) is 0 Å². The molecule has 0 saturated heterocycles. The fourth-order valence-electron chi connectivity index (χ4n) is 1.47. The monoisotopic (exact) mass is 293 g/mol. The molecule has 0 bridgehead atoms. The highest BCUT2D eigenvalue weighted by Gasteiger charge is 2.26. The number of sulfonamides is 1. The average molecular weight is 293 g/mol. The fraction of sp³-hybridized carbons (Fsp3) is 0.364. The molecule has 0 heterocycles. The molecule has 0 amide bonds. The molecule has 0 spiro atoms. The third kappa shape index (κ3) is 3.97. The first-order valence-corrected chi connectivity index (χ1v) is 6.96. The van der Waals surface area contributed by atoms with Crippen LogP contribution in [0.25, 0.3) is 0 Å². The van der Waals surface area contributed by atoms with Crippen LogP contribution in [0.15, 0.2) is 23.1 Å². The van der Waals surface area contributed by atoms with Crippen molar-refractivity contribution in [1.82, 2.24) is 4.72 Å². The number of aliphatic carboxylic acids is 1. The molecule has 0 fully saturated rings. The maximum absolute atomic E-state index is 13.4. The molecule has 1 rings (SSSR count). The third-order valence-corrected chi connectivity index (χ3v) is 3.86. The first kappa shape index (κ1) is 15.5. The van der Waals surface area contributed by atoms with Gasteiger partial charge in [-0.2, -0.15) is 4.72 Å². The van der Waals surface area contributed by atoms with Crippen LogP contribution >= 0.6 is 0 Å². The number of carboxylic acids is 1. The highest BCUT2D eigenvalue weighted by Crippen LogP contribution is 2.16. The molecule has 0 aliphatic heterocycles. The normalized spacial score (nSPS) is 13.2. The van der Waals surface area contributed by atoms with Crippen LogP contribution in [0, 0.1) is 11.6 Å². The summed E-state index contributed by atoms with van der Waals surface area (Å²) in [6, 6.07) is 0.606. The summed E-state index contributed by atoms with van der Waals surface area (Å²) < 4.78 is 51.6. The second kappa shape index (κ2) is 6.07. The van der Waals surface area contributed by atoms with Crippen LogP contribution in [0.3, 0.4) is 0 Å². The number of benzene rings is 1. The van der Waals surface area contributed by atoms with E-state index in [2.05, 4.69) is 0 Å². The molecule has 1 aromatic carbocycles. The van der Waals surface area contributed by atoms with E-state index in [-0.39, 0.29) is 6.42 Å². The van der Waals surface area contributed by atoms with Crippen molar-refractivity contribution in [3.63, 3.8) is 0 Å². The Balaban J connectivity index is 3.06. The smallest absolute Gasteiger partial charge is 0.321 e. The van der Waals surface area contributed by atoms with Gasteiger partial charge in [-0.05, 0) is 18.6 Å². The number of rotatable bonds is 6.